The number of amides is 1. The Kier molecular flexibility index (Phi) is 7.68. The van der Waals surface area contributed by atoms with Crippen molar-refractivity contribution < 1.29 is 24.2 Å². The summed E-state index contributed by atoms with van der Waals surface area (Å²) >= 11 is 6.18. The van der Waals surface area contributed by atoms with Gasteiger partial charge in [0.2, 0.25) is 0 Å². The average Bonchev–Trinajstić information content (AvgIpc) is 2.47. The van der Waals surface area contributed by atoms with Gasteiger partial charge in [-0.1, -0.05) is 25.4 Å². The molecular weight excluding hydrogens is 322 g/mol. The minimum absolute atomic E-state index is 0.0424. The predicted molar refractivity (Wildman–Crippen MR) is 87.5 cm³/mol. The molecule has 0 spiro atoms. The maximum atomic E-state index is 12.0. The van der Waals surface area contributed by atoms with Crippen molar-refractivity contribution in [1.29, 1.82) is 0 Å². The number of benzene rings is 1. The third-order valence-electron chi connectivity index (χ3n) is 3.06. The van der Waals surface area contributed by atoms with Crippen molar-refractivity contribution in [3.8, 4) is 11.5 Å². The topological polar surface area (TPSA) is 84.9 Å². The van der Waals surface area contributed by atoms with Crippen molar-refractivity contribution in [2.45, 2.75) is 26.7 Å². The monoisotopic (exact) mass is 343 g/mol. The molecule has 6 nitrogen and oxygen atoms in total. The summed E-state index contributed by atoms with van der Waals surface area (Å²) in [6.07, 6.45) is 0.726. The third-order valence-corrected chi connectivity index (χ3v) is 3.34. The Morgan fingerprint density at radius 3 is 2.61 bits per heavy atom. The molecule has 128 valence electrons. The lowest BCUT2D eigenvalue weighted by Gasteiger charge is -2.15. The van der Waals surface area contributed by atoms with Crippen LogP contribution >= 0.6 is 11.6 Å². The number of ether oxygens (including phenoxy) is 2. The summed E-state index contributed by atoms with van der Waals surface area (Å²) in [6, 6.07) is 3.00. The lowest BCUT2D eigenvalue weighted by Crippen LogP contribution is -2.26. The van der Waals surface area contributed by atoms with Crippen molar-refractivity contribution in [3.05, 3.63) is 22.7 Å². The first-order valence-electron chi connectivity index (χ1n) is 7.35. The van der Waals surface area contributed by atoms with Gasteiger partial charge in [0.25, 0.3) is 5.91 Å². The van der Waals surface area contributed by atoms with Crippen LogP contribution in [0.4, 0.5) is 0 Å². The van der Waals surface area contributed by atoms with Crippen LogP contribution in [-0.2, 0) is 4.79 Å². The van der Waals surface area contributed by atoms with Crippen molar-refractivity contribution >= 4 is 23.5 Å². The van der Waals surface area contributed by atoms with E-state index in [1.807, 2.05) is 0 Å². The smallest absolute Gasteiger partial charge is 0.305 e. The molecule has 0 saturated heterocycles. The van der Waals surface area contributed by atoms with Gasteiger partial charge < -0.3 is 19.9 Å². The highest BCUT2D eigenvalue weighted by atomic mass is 35.5. The number of aliphatic carboxylic acids is 1. The molecule has 0 unspecified atom stereocenters. The van der Waals surface area contributed by atoms with Gasteiger partial charge in [0, 0.05) is 12.1 Å². The maximum absolute atomic E-state index is 12.0. The molecule has 23 heavy (non-hydrogen) atoms. The summed E-state index contributed by atoms with van der Waals surface area (Å²) in [4.78, 5) is 22.5. The van der Waals surface area contributed by atoms with Crippen LogP contribution in [0.1, 0.15) is 37.0 Å². The average molecular weight is 344 g/mol. The first-order valence-corrected chi connectivity index (χ1v) is 7.73. The van der Waals surface area contributed by atoms with Crippen LogP contribution in [-0.4, -0.2) is 37.2 Å². The zero-order chi connectivity index (χ0) is 17.4. The van der Waals surface area contributed by atoms with Crippen LogP contribution < -0.4 is 14.8 Å². The molecule has 0 aliphatic rings. The van der Waals surface area contributed by atoms with E-state index in [0.717, 1.165) is 6.42 Å². The van der Waals surface area contributed by atoms with Gasteiger partial charge in [0.1, 0.15) is 0 Å². The highest BCUT2D eigenvalue weighted by Crippen LogP contribution is 2.36. The molecule has 0 fully saturated rings. The molecule has 0 atom stereocenters. The lowest BCUT2D eigenvalue weighted by atomic mass is 10.1. The largest absolute Gasteiger partial charge is 0.493 e. The van der Waals surface area contributed by atoms with Gasteiger partial charge in [-0.2, -0.15) is 0 Å². The maximum Gasteiger partial charge on any atom is 0.305 e. The molecule has 1 rings (SSSR count). The molecule has 1 amide bonds. The van der Waals surface area contributed by atoms with Gasteiger partial charge in [-0.05, 0) is 24.5 Å². The number of methoxy groups -OCH3 is 1. The summed E-state index contributed by atoms with van der Waals surface area (Å²) in [5.74, 6) is -0.129. The Morgan fingerprint density at radius 1 is 1.35 bits per heavy atom. The van der Waals surface area contributed by atoms with E-state index in [1.54, 1.807) is 0 Å². The van der Waals surface area contributed by atoms with Gasteiger partial charge in [0.05, 0.1) is 25.2 Å². The summed E-state index contributed by atoms with van der Waals surface area (Å²) in [5, 5.41) is 11.4. The summed E-state index contributed by atoms with van der Waals surface area (Å²) in [7, 11) is 1.47. The van der Waals surface area contributed by atoms with E-state index in [4.69, 9.17) is 26.2 Å². The SMILES string of the molecule is COc1cc(C(=O)NCCC(=O)O)cc(Cl)c1OCCC(C)C. The minimum Gasteiger partial charge on any atom is -0.493 e. The Hall–Kier alpha value is -1.95. The lowest BCUT2D eigenvalue weighted by molar-refractivity contribution is -0.136. The molecule has 0 aromatic heterocycles. The fraction of sp³-hybridized carbons (Fsp3) is 0.500. The Balaban J connectivity index is 2.82. The van der Waals surface area contributed by atoms with Crippen molar-refractivity contribution in [3.63, 3.8) is 0 Å². The number of carboxylic acid groups (broad SMARTS) is 1. The number of carbonyl (C=O) groups is 2. The van der Waals surface area contributed by atoms with E-state index in [-0.39, 0.29) is 23.6 Å². The molecule has 0 bridgehead atoms. The van der Waals surface area contributed by atoms with Gasteiger partial charge in [-0.15, -0.1) is 0 Å². The van der Waals surface area contributed by atoms with Gasteiger partial charge in [-0.25, -0.2) is 0 Å². The second-order valence-corrected chi connectivity index (χ2v) is 5.83. The number of nitrogens with one attached hydrogen (secondary N) is 1. The molecular formula is C16H22ClNO5. The van der Waals surface area contributed by atoms with Gasteiger partial charge in [-0.3, -0.25) is 9.59 Å². The summed E-state index contributed by atoms with van der Waals surface area (Å²) < 4.78 is 10.9. The van der Waals surface area contributed by atoms with Crippen LogP contribution in [0.15, 0.2) is 12.1 Å². The van der Waals surface area contributed by atoms with E-state index in [9.17, 15) is 9.59 Å². The molecule has 0 aliphatic carbocycles. The molecule has 0 saturated carbocycles. The van der Waals surface area contributed by atoms with E-state index >= 15 is 0 Å². The zero-order valence-corrected chi connectivity index (χ0v) is 14.3. The Morgan fingerprint density at radius 2 is 2.04 bits per heavy atom. The number of carboxylic acids is 1. The zero-order valence-electron chi connectivity index (χ0n) is 13.5. The van der Waals surface area contributed by atoms with E-state index in [0.29, 0.717) is 24.0 Å². The fourth-order valence-electron chi connectivity index (χ4n) is 1.77. The minimum atomic E-state index is -0.977. The number of hydrogen-bond acceptors (Lipinski definition) is 4. The van der Waals surface area contributed by atoms with Gasteiger partial charge in [0.15, 0.2) is 11.5 Å². The van der Waals surface area contributed by atoms with E-state index in [2.05, 4.69) is 19.2 Å². The normalized spacial score (nSPS) is 10.5. The van der Waals surface area contributed by atoms with Crippen LogP contribution in [0.5, 0.6) is 11.5 Å². The highest BCUT2D eigenvalue weighted by Gasteiger charge is 2.16. The number of hydrogen-bond donors (Lipinski definition) is 2. The number of carbonyl (C=O) groups excluding carboxylic acids is 1. The van der Waals surface area contributed by atoms with Crippen molar-refractivity contribution in [2.24, 2.45) is 5.92 Å². The van der Waals surface area contributed by atoms with Crippen LogP contribution in [0.3, 0.4) is 0 Å². The third kappa shape index (κ3) is 6.36. The number of halogens is 1. The van der Waals surface area contributed by atoms with E-state index in [1.165, 1.54) is 19.2 Å². The first-order chi connectivity index (χ1) is 10.8. The molecule has 0 heterocycles. The standard InChI is InChI=1S/C16H22ClNO5/c1-10(2)5-7-23-15-12(17)8-11(9-13(15)22-3)16(21)18-6-4-14(19)20/h8-10H,4-7H2,1-3H3,(H,18,21)(H,19,20). The molecule has 1 aromatic rings. The van der Waals surface area contributed by atoms with Crippen molar-refractivity contribution in [1.82, 2.24) is 5.32 Å². The summed E-state index contributed by atoms with van der Waals surface area (Å²) in [5.41, 5.74) is 0.286. The van der Waals surface area contributed by atoms with Crippen LogP contribution in [0.25, 0.3) is 0 Å². The van der Waals surface area contributed by atoms with E-state index < -0.39 is 11.9 Å². The Labute approximate surface area is 140 Å². The fourth-order valence-corrected chi connectivity index (χ4v) is 2.04. The van der Waals surface area contributed by atoms with Crippen molar-refractivity contribution in [2.75, 3.05) is 20.3 Å². The second-order valence-electron chi connectivity index (χ2n) is 5.42. The van der Waals surface area contributed by atoms with Gasteiger partial charge >= 0.3 is 5.97 Å². The molecule has 7 heteroatoms. The quantitative estimate of drug-likeness (QED) is 0.720. The van der Waals surface area contributed by atoms with Crippen LogP contribution in [0.2, 0.25) is 5.02 Å². The molecule has 0 aliphatic heterocycles. The Bertz CT molecular complexity index is 560. The number of rotatable bonds is 9. The predicted octanol–water partition coefficient (Wildman–Crippen LogP) is 2.98. The molecule has 2 N–H and O–H groups in total. The molecule has 0 radical (unpaired) electrons. The first kappa shape index (κ1) is 19.1. The molecule has 1 aromatic carbocycles. The summed E-state index contributed by atoms with van der Waals surface area (Å²) in [6.45, 7) is 4.72. The second kappa shape index (κ2) is 9.25. The highest BCUT2D eigenvalue weighted by molar-refractivity contribution is 6.32. The van der Waals surface area contributed by atoms with Crippen LogP contribution in [0, 0.1) is 5.92 Å².